The van der Waals surface area contributed by atoms with Crippen LogP contribution in [0.4, 0.5) is 13.2 Å². The number of nitrogens with zero attached hydrogens (tertiary/aromatic N) is 2. The summed E-state index contributed by atoms with van der Waals surface area (Å²) >= 11 is 0. The Morgan fingerprint density at radius 1 is 1.03 bits per heavy atom. The number of H-pyrrole nitrogens is 1. The number of rotatable bonds is 6. The van der Waals surface area contributed by atoms with E-state index in [1.807, 2.05) is 12.1 Å². The summed E-state index contributed by atoms with van der Waals surface area (Å²) in [6.45, 7) is -0.131. The van der Waals surface area contributed by atoms with E-state index in [0.717, 1.165) is 24.1 Å². The van der Waals surface area contributed by atoms with Gasteiger partial charge in [0.1, 0.15) is 18.1 Å². The van der Waals surface area contributed by atoms with E-state index in [0.29, 0.717) is 30.2 Å². The maximum atomic E-state index is 12.5. The Balaban J connectivity index is 0.00000289. The van der Waals surface area contributed by atoms with Gasteiger partial charge in [-0.25, -0.2) is 0 Å². The van der Waals surface area contributed by atoms with Crippen LogP contribution >= 0.6 is 0 Å². The minimum Gasteiger partial charge on any atom is -1.00 e. The van der Waals surface area contributed by atoms with Crippen LogP contribution in [0.1, 0.15) is 42.9 Å². The largest absolute Gasteiger partial charge is 3.00 e. The van der Waals surface area contributed by atoms with E-state index < -0.39 is 6.36 Å². The predicted octanol–water partition coefficient (Wildman–Crippen LogP) is -4.19. The number of carbonyl (C=O) groups excluding carboxylic acids is 1. The molecule has 35 heavy (non-hydrogen) atoms. The molecule has 0 amide bonds. The molecule has 6 nitrogen and oxygen atoms in total. The van der Waals surface area contributed by atoms with Crippen molar-refractivity contribution in [1.82, 2.24) is 15.2 Å². The molecule has 1 aliphatic carbocycles. The number of hydrogen-bond donors (Lipinski definition) is 1. The van der Waals surface area contributed by atoms with Gasteiger partial charge in [-0.05, 0) is 31.0 Å². The van der Waals surface area contributed by atoms with Crippen molar-refractivity contribution in [3.8, 4) is 22.9 Å². The van der Waals surface area contributed by atoms with Crippen LogP contribution in [0.5, 0.6) is 11.6 Å². The van der Waals surface area contributed by atoms with Crippen LogP contribution in [-0.2, 0) is 11.4 Å². The summed E-state index contributed by atoms with van der Waals surface area (Å²) in [5.41, 5.74) is 2.70. The molecular formula is C22H20Cl3F3InN3O3. The molecule has 1 saturated carbocycles. The molecule has 13 heteroatoms. The van der Waals surface area contributed by atoms with E-state index in [-0.39, 0.29) is 86.9 Å². The van der Waals surface area contributed by atoms with Gasteiger partial charge in [-0.3, -0.25) is 14.9 Å². The smallest absolute Gasteiger partial charge is 1.00 e. The van der Waals surface area contributed by atoms with Crippen LogP contribution in [-0.4, -0.2) is 53.2 Å². The normalized spacial score (nSPS) is 13.4. The number of aromatic amines is 1. The summed E-state index contributed by atoms with van der Waals surface area (Å²) in [6, 6.07) is 11.3. The van der Waals surface area contributed by atoms with E-state index in [4.69, 9.17) is 4.74 Å². The van der Waals surface area contributed by atoms with Gasteiger partial charge in [0.25, 0.3) is 0 Å². The molecule has 186 valence electrons. The van der Waals surface area contributed by atoms with Crippen molar-refractivity contribution in [2.24, 2.45) is 0 Å². The molecule has 0 saturated heterocycles. The number of carbonyl (C=O) groups is 1. The Bertz CT molecular complexity index is 1060. The molecule has 0 unspecified atom stereocenters. The van der Waals surface area contributed by atoms with Crippen LogP contribution in [0.25, 0.3) is 11.3 Å². The molecule has 2 aromatic heterocycles. The Morgan fingerprint density at radius 2 is 1.71 bits per heavy atom. The first-order valence-electron chi connectivity index (χ1n) is 9.87. The zero-order chi connectivity index (χ0) is 21.8. The Kier molecular flexibility index (Phi) is 14.1. The van der Waals surface area contributed by atoms with Crippen LogP contribution in [0.2, 0.25) is 0 Å². The minimum absolute atomic E-state index is 0. The number of para-hydroxylation sites is 1. The monoisotopic (exact) mass is 651 g/mol. The van der Waals surface area contributed by atoms with Crippen LogP contribution in [0.15, 0.2) is 48.7 Å². The van der Waals surface area contributed by atoms with Crippen molar-refractivity contribution < 1.29 is 64.7 Å². The van der Waals surface area contributed by atoms with Gasteiger partial charge in [0.05, 0.1) is 5.69 Å². The maximum Gasteiger partial charge on any atom is 3.00 e. The third-order valence-corrected chi connectivity index (χ3v) is 5.19. The van der Waals surface area contributed by atoms with E-state index >= 15 is 0 Å². The number of pyridine rings is 1. The Morgan fingerprint density at radius 3 is 2.34 bits per heavy atom. The zero-order valence-corrected chi connectivity index (χ0v) is 23.8. The number of alkyl halides is 3. The van der Waals surface area contributed by atoms with Gasteiger partial charge in [0.2, 0.25) is 5.88 Å². The van der Waals surface area contributed by atoms with E-state index in [2.05, 4.69) is 19.9 Å². The van der Waals surface area contributed by atoms with E-state index in [1.54, 1.807) is 18.3 Å². The van der Waals surface area contributed by atoms with E-state index in [1.165, 1.54) is 18.2 Å². The second kappa shape index (κ2) is 14.8. The molecule has 3 aromatic rings. The molecule has 4 rings (SSSR count). The molecule has 0 spiro atoms. The number of Topliss-reactive ketones (excluding diaryl/α,β-unsaturated/α-hetero) is 1. The summed E-state index contributed by atoms with van der Waals surface area (Å²) in [6.07, 6.45) is -0.185. The van der Waals surface area contributed by atoms with Crippen LogP contribution in [0, 0.1) is 0 Å². The summed E-state index contributed by atoms with van der Waals surface area (Å²) in [5.74, 6) is 0.540. The van der Waals surface area contributed by atoms with Gasteiger partial charge in [0.15, 0.2) is 0 Å². The molecule has 0 aliphatic heterocycles. The van der Waals surface area contributed by atoms with Crippen molar-refractivity contribution in [2.45, 2.75) is 44.6 Å². The molecule has 1 fully saturated rings. The summed E-state index contributed by atoms with van der Waals surface area (Å²) in [4.78, 5) is 15.9. The second-order valence-electron chi connectivity index (χ2n) is 7.35. The summed E-state index contributed by atoms with van der Waals surface area (Å²) < 4.78 is 47.2. The first kappa shape index (κ1) is 33.4. The van der Waals surface area contributed by atoms with Gasteiger partial charge >= 0.3 is 32.2 Å². The number of nitrogens with one attached hydrogen (secondary N) is 1. The predicted molar refractivity (Wildman–Crippen MR) is 111 cm³/mol. The number of hydrogen-bond acceptors (Lipinski definition) is 5. The number of ether oxygens (including phenoxy) is 2. The topological polar surface area (TPSA) is 77.1 Å². The van der Waals surface area contributed by atoms with Crippen LogP contribution in [0.3, 0.4) is 0 Å². The van der Waals surface area contributed by atoms with Crippen molar-refractivity contribution in [3.63, 3.8) is 0 Å². The fraction of sp³-hybridized carbons (Fsp3) is 0.318. The quantitative estimate of drug-likeness (QED) is 0.293. The van der Waals surface area contributed by atoms with Crippen molar-refractivity contribution in [2.75, 3.05) is 0 Å². The minimum atomic E-state index is -4.78. The average Bonchev–Trinajstić information content (AvgIpc) is 3.22. The number of halogens is 6. The first-order valence-corrected chi connectivity index (χ1v) is 9.87. The number of ketones is 1. The third-order valence-electron chi connectivity index (χ3n) is 5.19. The summed E-state index contributed by atoms with van der Waals surface area (Å²) in [5, 5.41) is 6.90. The second-order valence-corrected chi connectivity index (χ2v) is 7.35. The first-order chi connectivity index (χ1) is 14.9. The van der Waals surface area contributed by atoms with Crippen molar-refractivity contribution in [3.05, 3.63) is 59.9 Å². The molecule has 0 radical (unpaired) electrons. The SMILES string of the molecule is O=C1CCC(c2ccc(-c3cc(OCc4ccccc4OC(F)(F)F)n[nH]3)cn2)CC1.[Cl-].[Cl-].[Cl-].[In+3]. The molecule has 1 aromatic carbocycles. The molecule has 1 aliphatic rings. The third kappa shape index (κ3) is 9.40. The Hall–Kier alpha value is -1.62. The average molecular weight is 653 g/mol. The molecule has 1 N–H and O–H groups in total. The fourth-order valence-electron chi connectivity index (χ4n) is 3.57. The molecule has 0 atom stereocenters. The van der Waals surface area contributed by atoms with Gasteiger partial charge in [-0.2, -0.15) is 0 Å². The number of aromatic nitrogens is 3. The molecule has 2 heterocycles. The number of benzene rings is 1. The molecular weight excluding hydrogens is 632 g/mol. The summed E-state index contributed by atoms with van der Waals surface area (Å²) in [7, 11) is 0. The van der Waals surface area contributed by atoms with E-state index in [9.17, 15) is 18.0 Å². The maximum absolute atomic E-state index is 12.5. The van der Waals surface area contributed by atoms with Gasteiger partial charge in [0, 0.05) is 47.8 Å². The van der Waals surface area contributed by atoms with Gasteiger partial charge in [-0.1, -0.05) is 18.2 Å². The standard InChI is InChI=1S/C22H20F3N3O3.3ClH.In/c23-22(24,25)31-20-4-2-1-3-16(20)13-30-21-11-19(27-28-21)15-7-10-18(26-12-15)14-5-8-17(29)9-6-14;;;;/h1-4,7,10-12,14H,5-6,8-9,13H2,(H,27,28);3*1H;/q;;;;+3/p-3. The van der Waals surface area contributed by atoms with Gasteiger partial charge < -0.3 is 46.7 Å². The van der Waals surface area contributed by atoms with Crippen LogP contribution < -0.4 is 46.7 Å². The molecule has 0 bridgehead atoms. The van der Waals surface area contributed by atoms with Crippen molar-refractivity contribution >= 4 is 31.6 Å². The zero-order valence-electron chi connectivity index (χ0n) is 18.2. The Labute approximate surface area is 237 Å². The fourth-order valence-corrected chi connectivity index (χ4v) is 3.57. The van der Waals surface area contributed by atoms with Crippen molar-refractivity contribution in [1.29, 1.82) is 0 Å². The van der Waals surface area contributed by atoms with Gasteiger partial charge in [-0.15, -0.1) is 18.3 Å².